The minimum Gasteiger partial charge on any atom is -0.383 e. The van der Waals surface area contributed by atoms with Crippen LogP contribution >= 0.6 is 11.8 Å². The maximum Gasteiger partial charge on any atom is 0.251 e. The first-order valence-corrected chi connectivity index (χ1v) is 11.7. The normalized spacial score (nSPS) is 16.5. The van der Waals surface area contributed by atoms with Crippen LogP contribution in [-0.2, 0) is 16.9 Å². The molecule has 0 saturated carbocycles. The summed E-state index contributed by atoms with van der Waals surface area (Å²) in [6.07, 6.45) is 4.65. The third-order valence-corrected chi connectivity index (χ3v) is 6.30. The molecule has 0 bridgehead atoms. The van der Waals surface area contributed by atoms with E-state index in [4.69, 9.17) is 14.7 Å². The zero-order valence-electron chi connectivity index (χ0n) is 18.2. The average molecular weight is 429 g/mol. The zero-order valence-corrected chi connectivity index (χ0v) is 19.0. The van der Waals surface area contributed by atoms with E-state index in [0.29, 0.717) is 24.8 Å². The van der Waals surface area contributed by atoms with Crippen LogP contribution in [0.25, 0.3) is 0 Å². The van der Waals surface area contributed by atoms with E-state index < -0.39 is 0 Å². The van der Waals surface area contributed by atoms with Gasteiger partial charge < -0.3 is 15.0 Å². The lowest BCUT2D eigenvalue weighted by Crippen LogP contribution is -2.38. The maximum absolute atomic E-state index is 12.1. The first kappa shape index (κ1) is 22.6. The lowest BCUT2D eigenvalue weighted by Gasteiger charge is -2.34. The molecule has 3 rings (SSSR count). The van der Waals surface area contributed by atoms with E-state index in [9.17, 15) is 4.79 Å². The minimum atomic E-state index is -0.0782. The van der Waals surface area contributed by atoms with Gasteiger partial charge in [-0.2, -0.15) is 0 Å². The first-order valence-electron chi connectivity index (χ1n) is 10.7. The van der Waals surface area contributed by atoms with Crippen molar-refractivity contribution in [3.8, 4) is 0 Å². The van der Waals surface area contributed by atoms with Crippen molar-refractivity contribution < 1.29 is 9.53 Å². The molecule has 1 amide bonds. The van der Waals surface area contributed by atoms with E-state index >= 15 is 0 Å². The number of hydrogen-bond donors (Lipinski definition) is 1. The number of aromatic nitrogens is 2. The Morgan fingerprint density at radius 3 is 2.77 bits per heavy atom. The van der Waals surface area contributed by atoms with E-state index in [0.717, 1.165) is 41.0 Å². The number of nitrogens with one attached hydrogen (secondary N) is 1. The number of nitrogens with zero attached hydrogens (tertiary/aromatic N) is 3. The van der Waals surface area contributed by atoms with Gasteiger partial charge in [0.25, 0.3) is 5.91 Å². The highest BCUT2D eigenvalue weighted by Gasteiger charge is 2.21. The van der Waals surface area contributed by atoms with Crippen LogP contribution in [0.3, 0.4) is 0 Å². The lowest BCUT2D eigenvalue weighted by molar-refractivity contribution is 0.0937. The fourth-order valence-electron chi connectivity index (χ4n) is 3.56. The molecule has 1 aromatic carbocycles. The SMILES string of the molecule is CCc1cc(N2CCCC[C@H]2C)nc(SCc2ccc(C(=O)NCCOC)cc2)n1. The number of carbonyl (C=O) groups is 1. The summed E-state index contributed by atoms with van der Waals surface area (Å²) in [5, 5.41) is 3.66. The van der Waals surface area contributed by atoms with Gasteiger partial charge in [0, 0.05) is 49.3 Å². The number of aryl methyl sites for hydroxylation is 1. The fourth-order valence-corrected chi connectivity index (χ4v) is 4.39. The Morgan fingerprint density at radius 1 is 1.27 bits per heavy atom. The number of methoxy groups -OCH3 is 1. The number of ether oxygens (including phenoxy) is 1. The fraction of sp³-hybridized carbons (Fsp3) is 0.522. The van der Waals surface area contributed by atoms with Gasteiger partial charge in [0.15, 0.2) is 5.16 Å². The molecule has 1 aromatic heterocycles. The maximum atomic E-state index is 12.1. The molecule has 0 radical (unpaired) electrons. The van der Waals surface area contributed by atoms with Crippen molar-refractivity contribution in [2.24, 2.45) is 0 Å². The molecule has 2 heterocycles. The third-order valence-electron chi connectivity index (χ3n) is 5.38. The molecule has 1 aliphatic rings. The second-order valence-electron chi connectivity index (χ2n) is 7.63. The van der Waals surface area contributed by atoms with Gasteiger partial charge in [0.1, 0.15) is 5.82 Å². The molecule has 1 fully saturated rings. The number of carbonyl (C=O) groups excluding carboxylic acids is 1. The topological polar surface area (TPSA) is 67.4 Å². The quantitative estimate of drug-likeness (QED) is 0.369. The number of thioether (sulfide) groups is 1. The number of benzene rings is 1. The largest absolute Gasteiger partial charge is 0.383 e. The van der Waals surface area contributed by atoms with Gasteiger partial charge in [-0.15, -0.1) is 0 Å². The molecule has 1 saturated heterocycles. The summed E-state index contributed by atoms with van der Waals surface area (Å²) in [6.45, 7) is 6.51. The molecule has 0 aliphatic carbocycles. The van der Waals surface area contributed by atoms with E-state index in [1.54, 1.807) is 18.9 Å². The first-order chi connectivity index (χ1) is 14.6. The van der Waals surface area contributed by atoms with Crippen molar-refractivity contribution >= 4 is 23.5 Å². The van der Waals surface area contributed by atoms with Crippen molar-refractivity contribution in [2.75, 3.05) is 31.7 Å². The Hall–Kier alpha value is -2.12. The van der Waals surface area contributed by atoms with Crippen LogP contribution in [0.1, 0.15) is 54.7 Å². The summed E-state index contributed by atoms with van der Waals surface area (Å²) in [7, 11) is 1.62. The minimum absolute atomic E-state index is 0.0782. The summed E-state index contributed by atoms with van der Waals surface area (Å²) >= 11 is 1.65. The van der Waals surface area contributed by atoms with Crippen LogP contribution in [0.2, 0.25) is 0 Å². The Bertz CT molecular complexity index is 828. The Morgan fingerprint density at radius 2 is 2.07 bits per heavy atom. The highest BCUT2D eigenvalue weighted by Crippen LogP contribution is 2.27. The second kappa shape index (κ2) is 11.3. The molecule has 30 heavy (non-hydrogen) atoms. The highest BCUT2D eigenvalue weighted by atomic mass is 32.2. The van der Waals surface area contributed by atoms with Crippen LogP contribution in [0.4, 0.5) is 5.82 Å². The monoisotopic (exact) mass is 428 g/mol. The molecule has 6 nitrogen and oxygen atoms in total. The molecule has 1 N–H and O–H groups in total. The van der Waals surface area contributed by atoms with Crippen molar-refractivity contribution in [1.29, 1.82) is 0 Å². The van der Waals surface area contributed by atoms with Gasteiger partial charge in [-0.05, 0) is 50.3 Å². The number of hydrogen-bond acceptors (Lipinski definition) is 6. The van der Waals surface area contributed by atoms with Crippen molar-refractivity contribution in [3.63, 3.8) is 0 Å². The summed E-state index contributed by atoms with van der Waals surface area (Å²) in [5.74, 6) is 1.75. The second-order valence-corrected chi connectivity index (χ2v) is 8.57. The predicted molar refractivity (Wildman–Crippen MR) is 122 cm³/mol. The molecule has 2 aromatic rings. The van der Waals surface area contributed by atoms with Gasteiger partial charge in [-0.3, -0.25) is 4.79 Å². The molecule has 1 aliphatic heterocycles. The van der Waals surface area contributed by atoms with Gasteiger partial charge in [-0.25, -0.2) is 9.97 Å². The molecular weight excluding hydrogens is 396 g/mol. The number of rotatable bonds is 9. The summed E-state index contributed by atoms with van der Waals surface area (Å²) in [6, 6.07) is 10.4. The number of amides is 1. The zero-order chi connectivity index (χ0) is 21.3. The van der Waals surface area contributed by atoms with Crippen LogP contribution in [0.5, 0.6) is 0 Å². The summed E-state index contributed by atoms with van der Waals surface area (Å²) in [4.78, 5) is 24.1. The lowest BCUT2D eigenvalue weighted by atomic mass is 10.0. The molecule has 162 valence electrons. The van der Waals surface area contributed by atoms with Crippen LogP contribution in [0, 0.1) is 0 Å². The smallest absolute Gasteiger partial charge is 0.251 e. The van der Waals surface area contributed by atoms with Gasteiger partial charge in [0.2, 0.25) is 0 Å². The molecule has 1 atom stereocenters. The van der Waals surface area contributed by atoms with E-state index in [1.165, 1.54) is 19.3 Å². The molecule has 7 heteroatoms. The Balaban J connectivity index is 1.63. The highest BCUT2D eigenvalue weighted by molar-refractivity contribution is 7.98. The van der Waals surface area contributed by atoms with Crippen molar-refractivity contribution in [3.05, 3.63) is 47.2 Å². The summed E-state index contributed by atoms with van der Waals surface area (Å²) in [5.41, 5.74) is 2.89. The molecular formula is C23H32N4O2S. The standard InChI is InChI=1S/C23H32N4O2S/c1-4-20-15-21(27-13-6-5-7-17(27)2)26-23(25-20)30-16-18-8-10-19(11-9-18)22(28)24-12-14-29-3/h8-11,15,17H,4-7,12-14,16H2,1-3H3,(H,24,28)/t17-/m1/s1. The van der Waals surface area contributed by atoms with Crippen LogP contribution < -0.4 is 10.2 Å². The predicted octanol–water partition coefficient (Wildman–Crippen LogP) is 4.09. The van der Waals surface area contributed by atoms with E-state index in [1.807, 2.05) is 24.3 Å². The van der Waals surface area contributed by atoms with E-state index in [-0.39, 0.29) is 5.91 Å². The Kier molecular flexibility index (Phi) is 8.51. The van der Waals surface area contributed by atoms with E-state index in [2.05, 4.69) is 30.1 Å². The van der Waals surface area contributed by atoms with Gasteiger partial charge >= 0.3 is 0 Å². The average Bonchev–Trinajstić information content (AvgIpc) is 2.78. The molecule has 0 spiro atoms. The Labute approximate surface area is 183 Å². The number of piperidine rings is 1. The van der Waals surface area contributed by atoms with Crippen molar-refractivity contribution in [1.82, 2.24) is 15.3 Å². The van der Waals surface area contributed by atoms with Crippen LogP contribution in [0.15, 0.2) is 35.5 Å². The van der Waals surface area contributed by atoms with Gasteiger partial charge in [0.05, 0.1) is 6.61 Å². The number of anilines is 1. The third kappa shape index (κ3) is 6.19. The van der Waals surface area contributed by atoms with Crippen LogP contribution in [-0.4, -0.2) is 48.7 Å². The van der Waals surface area contributed by atoms with Crippen molar-refractivity contribution in [2.45, 2.75) is 56.5 Å². The molecule has 0 unspecified atom stereocenters. The van der Waals surface area contributed by atoms with Gasteiger partial charge in [-0.1, -0.05) is 30.8 Å². The summed E-state index contributed by atoms with van der Waals surface area (Å²) < 4.78 is 4.96.